The predicted molar refractivity (Wildman–Crippen MR) is 86.3 cm³/mol. The summed E-state index contributed by atoms with van der Waals surface area (Å²) in [7, 11) is 1.86. The smallest absolute Gasteiger partial charge is 0.236 e. The number of likely N-dealkylation sites (N-methyl/N-ethyl adjacent to an activating group) is 1. The summed E-state index contributed by atoms with van der Waals surface area (Å²) in [5, 5.41) is 12.2. The van der Waals surface area contributed by atoms with E-state index in [1.54, 1.807) is 16.2 Å². The van der Waals surface area contributed by atoms with Crippen molar-refractivity contribution in [2.75, 3.05) is 20.1 Å². The van der Waals surface area contributed by atoms with Gasteiger partial charge in [0.2, 0.25) is 5.91 Å². The maximum Gasteiger partial charge on any atom is 0.236 e. The number of nitrogens with zero attached hydrogens (tertiary/aromatic N) is 2. The molecule has 1 aromatic heterocycles. The Bertz CT molecular complexity index is 435. The molecule has 1 N–H and O–H groups in total. The van der Waals surface area contributed by atoms with Crippen LogP contribution in [-0.4, -0.2) is 53.1 Å². The highest BCUT2D eigenvalue weighted by molar-refractivity contribution is 7.09. The van der Waals surface area contributed by atoms with Crippen LogP contribution in [0, 0.1) is 0 Å². The first kappa shape index (κ1) is 16.5. The largest absolute Gasteiger partial charge is 0.392 e. The fourth-order valence-corrected chi connectivity index (χ4v) is 3.70. The lowest BCUT2D eigenvalue weighted by Crippen LogP contribution is -2.50. The van der Waals surface area contributed by atoms with Crippen molar-refractivity contribution in [1.29, 1.82) is 0 Å². The van der Waals surface area contributed by atoms with Crippen molar-refractivity contribution in [3.8, 4) is 0 Å². The van der Waals surface area contributed by atoms with Crippen LogP contribution in [0.15, 0.2) is 17.5 Å². The number of aliphatic hydroxyl groups excluding tert-OH is 1. The predicted octanol–water partition coefficient (Wildman–Crippen LogP) is 2.33. The Balaban J connectivity index is 1.90. The minimum atomic E-state index is -0.319. The molecule has 0 aliphatic carbocycles. The van der Waals surface area contributed by atoms with Crippen LogP contribution in [-0.2, 0) is 11.3 Å². The van der Waals surface area contributed by atoms with Gasteiger partial charge in [0.15, 0.2) is 0 Å². The number of carbonyl (C=O) groups excluding carboxylic acids is 1. The average Bonchev–Trinajstić information content (AvgIpc) is 2.99. The number of rotatable bonds is 6. The fraction of sp³-hybridized carbons (Fsp3) is 0.688. The van der Waals surface area contributed by atoms with Crippen LogP contribution < -0.4 is 0 Å². The third kappa shape index (κ3) is 4.53. The van der Waals surface area contributed by atoms with E-state index in [-0.39, 0.29) is 18.1 Å². The second-order valence-electron chi connectivity index (χ2n) is 5.84. The van der Waals surface area contributed by atoms with Gasteiger partial charge in [0.05, 0.1) is 19.2 Å². The van der Waals surface area contributed by atoms with E-state index in [4.69, 9.17) is 0 Å². The monoisotopic (exact) mass is 310 g/mol. The average molecular weight is 310 g/mol. The Morgan fingerprint density at radius 3 is 3.05 bits per heavy atom. The maximum atomic E-state index is 12.4. The van der Waals surface area contributed by atoms with Gasteiger partial charge in [-0.25, -0.2) is 0 Å². The summed E-state index contributed by atoms with van der Waals surface area (Å²) < 4.78 is 0. The van der Waals surface area contributed by atoms with Crippen molar-refractivity contribution in [3.63, 3.8) is 0 Å². The molecule has 2 heterocycles. The van der Waals surface area contributed by atoms with E-state index in [1.165, 1.54) is 4.88 Å². The summed E-state index contributed by atoms with van der Waals surface area (Å²) in [6, 6.07) is 4.21. The third-order valence-electron chi connectivity index (χ3n) is 4.26. The van der Waals surface area contributed by atoms with Gasteiger partial charge >= 0.3 is 0 Å². The van der Waals surface area contributed by atoms with E-state index in [9.17, 15) is 9.90 Å². The minimum Gasteiger partial charge on any atom is -0.392 e. The first-order valence-corrected chi connectivity index (χ1v) is 8.68. The lowest BCUT2D eigenvalue weighted by molar-refractivity contribution is -0.133. The molecule has 1 aliphatic heterocycles. The van der Waals surface area contributed by atoms with Gasteiger partial charge in [-0.15, -0.1) is 11.3 Å². The summed E-state index contributed by atoms with van der Waals surface area (Å²) in [4.78, 5) is 17.6. The van der Waals surface area contributed by atoms with Crippen LogP contribution in [0.1, 0.15) is 37.5 Å². The summed E-state index contributed by atoms with van der Waals surface area (Å²) in [6.07, 6.45) is 3.70. The highest BCUT2D eigenvalue weighted by Crippen LogP contribution is 2.21. The Morgan fingerprint density at radius 1 is 1.57 bits per heavy atom. The molecule has 1 amide bonds. The Labute approximate surface area is 131 Å². The van der Waals surface area contributed by atoms with E-state index < -0.39 is 0 Å². The fourth-order valence-electron chi connectivity index (χ4n) is 2.94. The lowest BCUT2D eigenvalue weighted by Gasteiger charge is -2.38. The van der Waals surface area contributed by atoms with Gasteiger partial charge in [0, 0.05) is 18.0 Å². The number of amides is 1. The topological polar surface area (TPSA) is 43.8 Å². The van der Waals surface area contributed by atoms with Gasteiger partial charge in [-0.05, 0) is 37.3 Å². The molecular weight excluding hydrogens is 284 g/mol. The van der Waals surface area contributed by atoms with Crippen molar-refractivity contribution >= 4 is 17.2 Å². The van der Waals surface area contributed by atoms with Gasteiger partial charge in [-0.3, -0.25) is 9.69 Å². The number of hydrogen-bond acceptors (Lipinski definition) is 4. The molecule has 2 rings (SSSR count). The molecule has 2 atom stereocenters. The highest BCUT2D eigenvalue weighted by atomic mass is 32.1. The molecule has 21 heavy (non-hydrogen) atoms. The molecule has 0 aromatic carbocycles. The molecule has 0 bridgehead atoms. The first-order valence-electron chi connectivity index (χ1n) is 7.80. The van der Waals surface area contributed by atoms with Crippen molar-refractivity contribution in [3.05, 3.63) is 22.4 Å². The zero-order chi connectivity index (χ0) is 15.2. The Morgan fingerprint density at radius 2 is 2.38 bits per heavy atom. The second-order valence-corrected chi connectivity index (χ2v) is 6.87. The maximum absolute atomic E-state index is 12.4. The van der Waals surface area contributed by atoms with Crippen LogP contribution >= 0.6 is 11.3 Å². The van der Waals surface area contributed by atoms with E-state index in [0.717, 1.165) is 32.2 Å². The minimum absolute atomic E-state index is 0.138. The molecule has 118 valence electrons. The molecule has 0 radical (unpaired) electrons. The normalized spacial score (nSPS) is 21.2. The SMILES string of the molecule is CC[C@H](O)[C@H]1CCCCN1CC(=O)N(C)Cc1cccs1. The lowest BCUT2D eigenvalue weighted by atomic mass is 9.96. The Hall–Kier alpha value is -0.910. The van der Waals surface area contributed by atoms with E-state index in [0.29, 0.717) is 13.1 Å². The van der Waals surface area contributed by atoms with E-state index in [1.807, 2.05) is 25.4 Å². The zero-order valence-corrected chi connectivity index (χ0v) is 13.8. The van der Waals surface area contributed by atoms with Crippen LogP contribution in [0.4, 0.5) is 0 Å². The van der Waals surface area contributed by atoms with Crippen LogP contribution in [0.25, 0.3) is 0 Å². The van der Waals surface area contributed by atoms with Gasteiger partial charge < -0.3 is 10.0 Å². The third-order valence-corrected chi connectivity index (χ3v) is 5.13. The number of likely N-dealkylation sites (tertiary alicyclic amines) is 1. The second kappa shape index (κ2) is 7.92. The number of aliphatic hydroxyl groups is 1. The summed E-state index contributed by atoms with van der Waals surface area (Å²) in [5.41, 5.74) is 0. The Kier molecular flexibility index (Phi) is 6.21. The van der Waals surface area contributed by atoms with Crippen molar-refractivity contribution in [2.45, 2.75) is 51.3 Å². The molecule has 1 aliphatic rings. The zero-order valence-electron chi connectivity index (χ0n) is 13.0. The molecular formula is C16H26N2O2S. The van der Waals surface area contributed by atoms with Crippen LogP contribution in [0.5, 0.6) is 0 Å². The quantitative estimate of drug-likeness (QED) is 0.877. The molecule has 4 nitrogen and oxygen atoms in total. The van der Waals surface area contributed by atoms with Gasteiger partial charge in [0.1, 0.15) is 0 Å². The van der Waals surface area contributed by atoms with Gasteiger partial charge in [0.25, 0.3) is 0 Å². The molecule has 1 fully saturated rings. The highest BCUT2D eigenvalue weighted by Gasteiger charge is 2.29. The molecule has 1 saturated heterocycles. The summed E-state index contributed by atoms with van der Waals surface area (Å²) >= 11 is 1.68. The van der Waals surface area contributed by atoms with Gasteiger partial charge in [-0.2, -0.15) is 0 Å². The molecule has 5 heteroatoms. The molecule has 0 saturated carbocycles. The van der Waals surface area contributed by atoms with Crippen molar-refractivity contribution in [1.82, 2.24) is 9.80 Å². The number of carbonyl (C=O) groups is 1. The number of hydrogen-bond donors (Lipinski definition) is 1. The first-order chi connectivity index (χ1) is 10.1. The van der Waals surface area contributed by atoms with Crippen molar-refractivity contribution < 1.29 is 9.90 Å². The number of thiophene rings is 1. The molecule has 0 unspecified atom stereocenters. The van der Waals surface area contributed by atoms with E-state index >= 15 is 0 Å². The van der Waals surface area contributed by atoms with E-state index in [2.05, 4.69) is 11.0 Å². The summed E-state index contributed by atoms with van der Waals surface area (Å²) in [5.74, 6) is 0.138. The van der Waals surface area contributed by atoms with Crippen molar-refractivity contribution in [2.24, 2.45) is 0 Å². The summed E-state index contributed by atoms with van der Waals surface area (Å²) in [6.45, 7) is 4.01. The molecule has 0 spiro atoms. The van der Waals surface area contributed by atoms with Crippen LogP contribution in [0.2, 0.25) is 0 Å². The van der Waals surface area contributed by atoms with Crippen LogP contribution in [0.3, 0.4) is 0 Å². The molecule has 1 aromatic rings. The van der Waals surface area contributed by atoms with Gasteiger partial charge in [-0.1, -0.05) is 19.4 Å². The standard InChI is InChI=1S/C16H26N2O2S/c1-3-15(19)14-8-4-5-9-18(14)12-16(20)17(2)11-13-7-6-10-21-13/h6-7,10,14-15,19H,3-5,8-9,11-12H2,1-2H3/t14-,15+/m1/s1. The number of piperidine rings is 1.